The van der Waals surface area contributed by atoms with E-state index in [1.54, 1.807) is 0 Å². The molecule has 0 spiro atoms. The topological polar surface area (TPSA) is 54.4 Å². The Labute approximate surface area is 165 Å². The number of Topliss-reactive ketones (excluding diaryl/α,β-unsaturated/α-hetero) is 1. The summed E-state index contributed by atoms with van der Waals surface area (Å²) in [5, 5.41) is 9.15. The van der Waals surface area contributed by atoms with Gasteiger partial charge in [0, 0.05) is 12.0 Å². The number of halogens is 1. The van der Waals surface area contributed by atoms with Gasteiger partial charge in [-0.2, -0.15) is 0 Å². The molecule has 0 saturated carbocycles. The lowest BCUT2D eigenvalue weighted by Crippen LogP contribution is -2.33. The fraction of sp³-hybridized carbons (Fsp3) is 0.391. The van der Waals surface area contributed by atoms with Crippen LogP contribution in [0.4, 0.5) is 0 Å². The summed E-state index contributed by atoms with van der Waals surface area (Å²) >= 11 is 6.00. The van der Waals surface area contributed by atoms with Crippen LogP contribution in [0.15, 0.2) is 36.4 Å². The molecule has 4 heteroatoms. The van der Waals surface area contributed by atoms with Gasteiger partial charge < -0.3 is 5.11 Å². The van der Waals surface area contributed by atoms with E-state index in [-0.39, 0.29) is 33.6 Å². The SMILES string of the molecule is CC1(C)CCC(C)(C)c2cc(CC(=O)c3ccc(C(=O)O)c(Cl)c3)ccc21. The molecule has 1 aliphatic carbocycles. The third-order valence-electron chi connectivity index (χ3n) is 5.80. The summed E-state index contributed by atoms with van der Waals surface area (Å²) < 4.78 is 0. The van der Waals surface area contributed by atoms with Gasteiger partial charge in [0.15, 0.2) is 5.78 Å². The van der Waals surface area contributed by atoms with Crippen molar-refractivity contribution in [1.82, 2.24) is 0 Å². The number of benzene rings is 2. The predicted molar refractivity (Wildman–Crippen MR) is 108 cm³/mol. The molecule has 1 N–H and O–H groups in total. The van der Waals surface area contributed by atoms with Gasteiger partial charge in [0.1, 0.15) is 0 Å². The van der Waals surface area contributed by atoms with Gasteiger partial charge in [-0.1, -0.05) is 63.6 Å². The standard InChI is InChI=1S/C23H25ClO3/c1-22(2)9-10-23(3,4)18-11-14(5-8-17(18)22)12-20(25)15-6-7-16(21(26)27)19(24)13-15/h5-8,11,13H,9-10,12H2,1-4H3,(H,26,27). The number of aromatic carboxylic acids is 1. The highest BCUT2D eigenvalue weighted by Gasteiger charge is 2.36. The Morgan fingerprint density at radius 1 is 0.963 bits per heavy atom. The third-order valence-corrected chi connectivity index (χ3v) is 6.12. The number of carbonyl (C=O) groups is 2. The summed E-state index contributed by atoms with van der Waals surface area (Å²) in [6.07, 6.45) is 2.54. The van der Waals surface area contributed by atoms with Crippen molar-refractivity contribution in [3.63, 3.8) is 0 Å². The highest BCUT2D eigenvalue weighted by molar-refractivity contribution is 6.33. The molecule has 142 valence electrons. The smallest absolute Gasteiger partial charge is 0.337 e. The van der Waals surface area contributed by atoms with E-state index in [0.717, 1.165) is 18.4 Å². The Kier molecular flexibility index (Phi) is 4.94. The van der Waals surface area contributed by atoms with Crippen LogP contribution in [0.1, 0.15) is 77.9 Å². The molecule has 0 radical (unpaired) electrons. The Bertz CT molecular complexity index is 925. The van der Waals surface area contributed by atoms with E-state index in [1.807, 2.05) is 6.07 Å². The monoisotopic (exact) mass is 384 g/mol. The average molecular weight is 385 g/mol. The maximum Gasteiger partial charge on any atom is 0.337 e. The van der Waals surface area contributed by atoms with Crippen LogP contribution in [0.25, 0.3) is 0 Å². The molecule has 0 aromatic heterocycles. The summed E-state index contributed by atoms with van der Waals surface area (Å²) in [5.74, 6) is -1.17. The highest BCUT2D eigenvalue weighted by atomic mass is 35.5. The quantitative estimate of drug-likeness (QED) is 0.676. The van der Waals surface area contributed by atoms with Gasteiger partial charge in [-0.15, -0.1) is 0 Å². The molecule has 0 heterocycles. The van der Waals surface area contributed by atoms with Crippen LogP contribution in [0, 0.1) is 0 Å². The molecule has 0 amide bonds. The van der Waals surface area contributed by atoms with E-state index in [2.05, 4.69) is 39.8 Å². The molecule has 0 aliphatic heterocycles. The number of ketones is 1. The maximum absolute atomic E-state index is 12.7. The molecule has 0 atom stereocenters. The summed E-state index contributed by atoms with van der Waals surface area (Å²) in [7, 11) is 0. The van der Waals surface area contributed by atoms with Crippen molar-refractivity contribution in [2.24, 2.45) is 0 Å². The number of hydrogen-bond donors (Lipinski definition) is 1. The van der Waals surface area contributed by atoms with Gasteiger partial charge in [0.2, 0.25) is 0 Å². The van der Waals surface area contributed by atoms with Gasteiger partial charge in [0.05, 0.1) is 10.6 Å². The van der Waals surface area contributed by atoms with E-state index in [4.69, 9.17) is 16.7 Å². The lowest BCUT2D eigenvalue weighted by molar-refractivity contribution is 0.0696. The number of carbonyl (C=O) groups excluding carboxylic acids is 1. The van der Waals surface area contributed by atoms with Crippen molar-refractivity contribution < 1.29 is 14.7 Å². The van der Waals surface area contributed by atoms with Crippen LogP contribution in [0.2, 0.25) is 5.02 Å². The first-order valence-corrected chi connectivity index (χ1v) is 9.59. The minimum Gasteiger partial charge on any atom is -0.478 e. The van der Waals surface area contributed by atoms with Crippen molar-refractivity contribution >= 4 is 23.4 Å². The van der Waals surface area contributed by atoms with E-state index in [1.165, 1.54) is 29.3 Å². The second-order valence-electron chi connectivity index (χ2n) is 8.75. The summed E-state index contributed by atoms with van der Waals surface area (Å²) in [6.45, 7) is 9.07. The number of carboxylic acids is 1. The zero-order valence-electron chi connectivity index (χ0n) is 16.2. The lowest BCUT2D eigenvalue weighted by Gasteiger charge is -2.42. The summed E-state index contributed by atoms with van der Waals surface area (Å²) in [5.41, 5.74) is 4.34. The first kappa shape index (κ1) is 19.6. The lowest BCUT2D eigenvalue weighted by atomic mass is 9.63. The molecule has 0 fully saturated rings. The Morgan fingerprint density at radius 2 is 1.59 bits per heavy atom. The van der Waals surface area contributed by atoms with Crippen LogP contribution in [0.3, 0.4) is 0 Å². The van der Waals surface area contributed by atoms with Crippen LogP contribution in [0.5, 0.6) is 0 Å². The van der Waals surface area contributed by atoms with Gasteiger partial charge >= 0.3 is 5.97 Å². The Hall–Kier alpha value is -2.13. The third kappa shape index (κ3) is 3.79. The summed E-state index contributed by atoms with van der Waals surface area (Å²) in [4.78, 5) is 23.8. The fourth-order valence-electron chi connectivity index (χ4n) is 3.90. The number of rotatable bonds is 4. The van der Waals surface area contributed by atoms with E-state index >= 15 is 0 Å². The molecular formula is C23H25ClO3. The predicted octanol–water partition coefficient (Wildman–Crippen LogP) is 5.81. The fourth-order valence-corrected chi connectivity index (χ4v) is 4.16. The maximum atomic E-state index is 12.7. The zero-order valence-corrected chi connectivity index (χ0v) is 17.0. The molecule has 0 unspecified atom stereocenters. The Morgan fingerprint density at radius 3 is 2.19 bits per heavy atom. The second-order valence-corrected chi connectivity index (χ2v) is 9.15. The van der Waals surface area contributed by atoms with Crippen molar-refractivity contribution in [2.75, 3.05) is 0 Å². The Balaban J connectivity index is 1.90. The van der Waals surface area contributed by atoms with E-state index < -0.39 is 5.97 Å². The molecule has 0 bridgehead atoms. The van der Waals surface area contributed by atoms with Gasteiger partial charge in [-0.3, -0.25) is 4.79 Å². The minimum absolute atomic E-state index is 0.00554. The van der Waals surface area contributed by atoms with Gasteiger partial charge in [-0.25, -0.2) is 4.79 Å². The minimum atomic E-state index is -1.10. The van der Waals surface area contributed by atoms with E-state index in [9.17, 15) is 9.59 Å². The first-order valence-electron chi connectivity index (χ1n) is 9.21. The largest absolute Gasteiger partial charge is 0.478 e. The van der Waals surface area contributed by atoms with Crippen LogP contribution < -0.4 is 0 Å². The van der Waals surface area contributed by atoms with Crippen molar-refractivity contribution in [3.8, 4) is 0 Å². The van der Waals surface area contributed by atoms with Gasteiger partial charge in [-0.05, 0) is 52.5 Å². The number of fused-ring (bicyclic) bond motifs is 1. The molecular weight excluding hydrogens is 360 g/mol. The van der Waals surface area contributed by atoms with Crippen molar-refractivity contribution in [1.29, 1.82) is 0 Å². The first-order chi connectivity index (χ1) is 12.5. The number of carboxylic acid groups (broad SMARTS) is 1. The van der Waals surface area contributed by atoms with Crippen LogP contribution in [-0.2, 0) is 17.3 Å². The molecule has 2 aromatic rings. The second kappa shape index (κ2) is 6.79. The van der Waals surface area contributed by atoms with Crippen LogP contribution in [-0.4, -0.2) is 16.9 Å². The average Bonchev–Trinajstić information content (AvgIpc) is 2.58. The molecule has 1 aliphatic rings. The molecule has 0 saturated heterocycles. The molecule has 3 rings (SSSR count). The molecule has 2 aromatic carbocycles. The normalized spacial score (nSPS) is 17.2. The molecule has 3 nitrogen and oxygen atoms in total. The van der Waals surface area contributed by atoms with Gasteiger partial charge in [0.25, 0.3) is 0 Å². The van der Waals surface area contributed by atoms with Crippen molar-refractivity contribution in [3.05, 3.63) is 69.2 Å². The zero-order chi connectivity index (χ0) is 20.0. The highest BCUT2D eigenvalue weighted by Crippen LogP contribution is 2.45. The number of hydrogen-bond acceptors (Lipinski definition) is 2. The molecule has 27 heavy (non-hydrogen) atoms. The van der Waals surface area contributed by atoms with Crippen LogP contribution >= 0.6 is 11.6 Å². The van der Waals surface area contributed by atoms with Crippen molar-refractivity contribution in [2.45, 2.75) is 57.8 Å². The van der Waals surface area contributed by atoms with E-state index in [0.29, 0.717) is 5.56 Å². The summed E-state index contributed by atoms with van der Waals surface area (Å²) in [6, 6.07) is 10.7.